The molecule has 0 bridgehead atoms. The van der Waals surface area contributed by atoms with Crippen LogP contribution in [0.4, 0.5) is 10.2 Å². The first-order chi connectivity index (χ1) is 9.72. The van der Waals surface area contributed by atoms with Gasteiger partial charge in [0.05, 0.1) is 5.71 Å². The summed E-state index contributed by atoms with van der Waals surface area (Å²) in [6.07, 6.45) is 1.51. The van der Waals surface area contributed by atoms with Crippen molar-refractivity contribution in [2.75, 3.05) is 5.43 Å². The molecular weight excluding hydrogens is 259 g/mol. The number of halogens is 1. The zero-order chi connectivity index (χ0) is 13.9. The zero-order valence-corrected chi connectivity index (χ0v) is 10.7. The number of hydrazone groups is 1. The third-order valence-corrected chi connectivity index (χ3v) is 2.76. The van der Waals surface area contributed by atoms with Gasteiger partial charge >= 0.3 is 0 Å². The topological polar surface area (TPSA) is 67.5 Å². The van der Waals surface area contributed by atoms with E-state index in [4.69, 9.17) is 0 Å². The second kappa shape index (κ2) is 5.04. The molecule has 0 atom stereocenters. The monoisotopic (exact) mass is 270 g/mol. The van der Waals surface area contributed by atoms with Gasteiger partial charge in [-0.25, -0.2) is 4.39 Å². The minimum atomic E-state index is -0.269. The Kier molecular flexibility index (Phi) is 3.08. The highest BCUT2D eigenvalue weighted by molar-refractivity contribution is 5.98. The van der Waals surface area contributed by atoms with Gasteiger partial charge in [0, 0.05) is 0 Å². The number of anilines is 1. The quantitative estimate of drug-likeness (QED) is 0.584. The van der Waals surface area contributed by atoms with Crippen LogP contribution in [0.3, 0.4) is 0 Å². The molecule has 3 aromatic rings. The summed E-state index contributed by atoms with van der Waals surface area (Å²) in [6.45, 7) is 1.83. The van der Waals surface area contributed by atoms with Crippen molar-refractivity contribution >= 4 is 17.2 Å². The molecule has 0 saturated heterocycles. The molecule has 1 aromatic carbocycles. The van der Waals surface area contributed by atoms with E-state index in [0.29, 0.717) is 11.5 Å². The first-order valence-electron chi connectivity index (χ1n) is 5.96. The lowest BCUT2D eigenvalue weighted by atomic mass is 10.1. The van der Waals surface area contributed by atoms with E-state index < -0.39 is 0 Å². The minimum absolute atomic E-state index is 0.269. The lowest BCUT2D eigenvalue weighted by molar-refractivity contribution is 0.628. The molecule has 0 aliphatic carbocycles. The molecular formula is C13H11FN6. The predicted molar refractivity (Wildman–Crippen MR) is 73.0 cm³/mol. The Hall–Kier alpha value is -2.83. The van der Waals surface area contributed by atoms with E-state index in [0.717, 1.165) is 11.3 Å². The molecule has 0 aliphatic rings. The maximum Gasteiger partial charge on any atom is 0.177 e. The molecule has 7 heteroatoms. The highest BCUT2D eigenvalue weighted by atomic mass is 19.1. The first-order valence-corrected chi connectivity index (χ1v) is 5.96. The van der Waals surface area contributed by atoms with Gasteiger partial charge in [0.25, 0.3) is 0 Å². The number of hydrogen-bond acceptors (Lipinski definition) is 5. The van der Waals surface area contributed by atoms with Crippen molar-refractivity contribution in [3.05, 3.63) is 54.1 Å². The average Bonchev–Trinajstić information content (AvgIpc) is 2.93. The van der Waals surface area contributed by atoms with Gasteiger partial charge in [-0.15, -0.1) is 15.3 Å². The van der Waals surface area contributed by atoms with Crippen LogP contribution in [-0.4, -0.2) is 25.5 Å². The van der Waals surface area contributed by atoms with Crippen LogP contribution in [0.1, 0.15) is 12.5 Å². The molecule has 0 saturated carbocycles. The molecule has 1 N–H and O–H groups in total. The highest BCUT2D eigenvalue weighted by Gasteiger charge is 2.00. The number of fused-ring (bicyclic) bond motifs is 1. The average molecular weight is 270 g/mol. The molecule has 0 fully saturated rings. The van der Waals surface area contributed by atoms with Crippen LogP contribution in [0.5, 0.6) is 0 Å². The van der Waals surface area contributed by atoms with E-state index in [1.807, 2.05) is 6.92 Å². The molecule has 0 amide bonds. The number of hydrogen-bond donors (Lipinski definition) is 1. The number of benzene rings is 1. The van der Waals surface area contributed by atoms with Crippen LogP contribution in [0.2, 0.25) is 0 Å². The Bertz CT molecular complexity index is 762. The van der Waals surface area contributed by atoms with Gasteiger partial charge in [-0.1, -0.05) is 12.1 Å². The summed E-state index contributed by atoms with van der Waals surface area (Å²) in [7, 11) is 0. The van der Waals surface area contributed by atoms with Crippen molar-refractivity contribution < 1.29 is 4.39 Å². The molecule has 0 spiro atoms. The van der Waals surface area contributed by atoms with Crippen molar-refractivity contribution in [1.82, 2.24) is 19.8 Å². The lowest BCUT2D eigenvalue weighted by Gasteiger charge is -2.03. The Morgan fingerprint density at radius 1 is 1.20 bits per heavy atom. The molecule has 20 heavy (non-hydrogen) atoms. The van der Waals surface area contributed by atoms with Crippen LogP contribution >= 0.6 is 0 Å². The SMILES string of the molecule is CC(=NNc1ccc2nncn2n1)c1ccc(F)cc1. The van der Waals surface area contributed by atoms with E-state index >= 15 is 0 Å². The second-order valence-electron chi connectivity index (χ2n) is 4.17. The zero-order valence-electron chi connectivity index (χ0n) is 10.7. The van der Waals surface area contributed by atoms with Crippen molar-refractivity contribution in [3.8, 4) is 0 Å². The lowest BCUT2D eigenvalue weighted by Crippen LogP contribution is -2.02. The Morgan fingerprint density at radius 3 is 2.80 bits per heavy atom. The molecule has 6 nitrogen and oxygen atoms in total. The fraction of sp³-hybridized carbons (Fsp3) is 0.0769. The van der Waals surface area contributed by atoms with Crippen molar-refractivity contribution in [2.24, 2.45) is 5.10 Å². The highest BCUT2D eigenvalue weighted by Crippen LogP contribution is 2.07. The maximum atomic E-state index is 12.8. The normalized spacial score (nSPS) is 11.8. The first kappa shape index (κ1) is 12.2. The fourth-order valence-electron chi connectivity index (χ4n) is 1.68. The van der Waals surface area contributed by atoms with Crippen LogP contribution in [-0.2, 0) is 0 Å². The largest absolute Gasteiger partial charge is 0.260 e. The van der Waals surface area contributed by atoms with E-state index in [1.54, 1.807) is 28.8 Å². The number of nitrogens with one attached hydrogen (secondary N) is 1. The minimum Gasteiger partial charge on any atom is -0.260 e. The third kappa shape index (κ3) is 2.46. The standard InChI is InChI=1S/C13H11FN6/c1-9(10-2-4-11(14)5-3-10)16-17-12-6-7-13-18-15-8-20(13)19-12/h2-8H,1H3,(H,17,19). The predicted octanol–water partition coefficient (Wildman–Crippen LogP) is 2.10. The van der Waals surface area contributed by atoms with Crippen LogP contribution in [0.15, 0.2) is 47.8 Å². The van der Waals surface area contributed by atoms with Gasteiger partial charge in [0.2, 0.25) is 0 Å². The summed E-state index contributed by atoms with van der Waals surface area (Å²) < 4.78 is 14.4. The molecule has 100 valence electrons. The Labute approximate surface area is 114 Å². The van der Waals surface area contributed by atoms with E-state index in [-0.39, 0.29) is 5.82 Å². The Balaban J connectivity index is 1.80. The molecule has 3 rings (SSSR count). The molecule has 0 radical (unpaired) electrons. The summed E-state index contributed by atoms with van der Waals surface area (Å²) in [5.41, 5.74) is 5.08. The van der Waals surface area contributed by atoms with Crippen LogP contribution in [0, 0.1) is 5.82 Å². The summed E-state index contributed by atoms with van der Waals surface area (Å²) in [5, 5.41) is 16.0. The van der Waals surface area contributed by atoms with Gasteiger partial charge < -0.3 is 0 Å². The van der Waals surface area contributed by atoms with Gasteiger partial charge in [-0.3, -0.25) is 5.43 Å². The summed E-state index contributed by atoms with van der Waals surface area (Å²) >= 11 is 0. The van der Waals surface area contributed by atoms with Crippen molar-refractivity contribution in [3.63, 3.8) is 0 Å². The molecule has 0 aliphatic heterocycles. The van der Waals surface area contributed by atoms with Gasteiger partial charge in [-0.2, -0.15) is 9.62 Å². The Morgan fingerprint density at radius 2 is 2.00 bits per heavy atom. The van der Waals surface area contributed by atoms with Crippen LogP contribution in [0.25, 0.3) is 5.65 Å². The summed E-state index contributed by atoms with van der Waals surface area (Å²) in [5.74, 6) is 0.299. The van der Waals surface area contributed by atoms with E-state index in [1.165, 1.54) is 18.5 Å². The van der Waals surface area contributed by atoms with Crippen molar-refractivity contribution in [1.29, 1.82) is 0 Å². The fourth-order valence-corrected chi connectivity index (χ4v) is 1.68. The summed E-state index contributed by atoms with van der Waals surface area (Å²) in [6, 6.07) is 9.68. The maximum absolute atomic E-state index is 12.8. The number of rotatable bonds is 3. The van der Waals surface area contributed by atoms with Gasteiger partial charge in [0.15, 0.2) is 11.5 Å². The smallest absolute Gasteiger partial charge is 0.177 e. The molecule has 2 aromatic heterocycles. The van der Waals surface area contributed by atoms with Gasteiger partial charge in [0.1, 0.15) is 12.1 Å². The van der Waals surface area contributed by atoms with E-state index in [9.17, 15) is 4.39 Å². The summed E-state index contributed by atoms with van der Waals surface area (Å²) in [4.78, 5) is 0. The molecule has 2 heterocycles. The van der Waals surface area contributed by atoms with Gasteiger partial charge in [-0.05, 0) is 36.8 Å². The van der Waals surface area contributed by atoms with E-state index in [2.05, 4.69) is 25.8 Å². The second-order valence-corrected chi connectivity index (χ2v) is 4.17. The molecule has 0 unspecified atom stereocenters. The third-order valence-electron chi connectivity index (χ3n) is 2.76. The number of nitrogens with zero attached hydrogens (tertiary/aromatic N) is 5. The number of aromatic nitrogens is 4. The van der Waals surface area contributed by atoms with Crippen molar-refractivity contribution in [2.45, 2.75) is 6.92 Å². The van der Waals surface area contributed by atoms with Crippen LogP contribution < -0.4 is 5.43 Å².